The van der Waals surface area contributed by atoms with Crippen LogP contribution in [0, 0.1) is 0 Å². The molecule has 4 heteroatoms. The molecular formula is C21H41NO3. The number of carbonyl (C=O) groups is 2. The standard InChI is InChI=1S/C21H41NO3/c1-3-5-7-9-11-13-15-17-19(23)20(25-21(22)24)18-16-14-12-10-8-6-4-2/h20H,3-18H2,1-2H3,(H2,22,24). The van der Waals surface area contributed by atoms with Gasteiger partial charge in [-0.1, -0.05) is 90.9 Å². The third-order valence-electron chi connectivity index (χ3n) is 4.71. The Bertz CT molecular complexity index is 331. The van der Waals surface area contributed by atoms with Crippen LogP contribution in [-0.4, -0.2) is 18.0 Å². The lowest BCUT2D eigenvalue weighted by Crippen LogP contribution is -2.30. The summed E-state index contributed by atoms with van der Waals surface area (Å²) in [5, 5.41) is 0. The zero-order valence-corrected chi connectivity index (χ0v) is 16.7. The highest BCUT2D eigenvalue weighted by Gasteiger charge is 2.20. The topological polar surface area (TPSA) is 69.4 Å². The molecule has 4 nitrogen and oxygen atoms in total. The third-order valence-corrected chi connectivity index (χ3v) is 4.71. The largest absolute Gasteiger partial charge is 0.438 e. The number of rotatable bonds is 18. The SMILES string of the molecule is CCCCCCCCCC(=O)C(CCCCCCCCC)OC(N)=O. The van der Waals surface area contributed by atoms with Crippen molar-refractivity contribution < 1.29 is 14.3 Å². The molecule has 0 radical (unpaired) electrons. The van der Waals surface area contributed by atoms with E-state index in [-0.39, 0.29) is 5.78 Å². The van der Waals surface area contributed by atoms with Gasteiger partial charge in [0.25, 0.3) is 0 Å². The molecule has 0 aromatic heterocycles. The summed E-state index contributed by atoms with van der Waals surface area (Å²) >= 11 is 0. The van der Waals surface area contributed by atoms with E-state index in [1.807, 2.05) is 0 Å². The quantitative estimate of drug-likeness (QED) is 0.293. The average molecular weight is 356 g/mol. The van der Waals surface area contributed by atoms with Crippen molar-refractivity contribution in [1.29, 1.82) is 0 Å². The lowest BCUT2D eigenvalue weighted by atomic mass is 10.0. The van der Waals surface area contributed by atoms with E-state index in [0.29, 0.717) is 12.8 Å². The molecule has 0 fully saturated rings. The molecule has 0 rings (SSSR count). The number of Topliss-reactive ketones (excluding diaryl/α,β-unsaturated/α-hetero) is 1. The van der Waals surface area contributed by atoms with Crippen molar-refractivity contribution in [3.05, 3.63) is 0 Å². The Labute approximate surface area is 155 Å². The number of hydrogen-bond acceptors (Lipinski definition) is 3. The fourth-order valence-corrected chi connectivity index (χ4v) is 3.13. The first-order valence-electron chi connectivity index (χ1n) is 10.6. The Kier molecular flexibility index (Phi) is 17.0. The molecule has 0 aliphatic heterocycles. The Balaban J connectivity index is 3.86. The molecule has 0 saturated heterocycles. The molecule has 0 aromatic carbocycles. The summed E-state index contributed by atoms with van der Waals surface area (Å²) in [5.74, 6) is 0.0401. The fraction of sp³-hybridized carbons (Fsp3) is 0.905. The van der Waals surface area contributed by atoms with E-state index in [2.05, 4.69) is 13.8 Å². The Hall–Kier alpha value is -1.06. The van der Waals surface area contributed by atoms with Crippen molar-refractivity contribution in [2.24, 2.45) is 5.73 Å². The maximum atomic E-state index is 12.3. The number of primary amides is 1. The summed E-state index contributed by atoms with van der Waals surface area (Å²) in [6, 6.07) is 0. The Morgan fingerprint density at radius 2 is 1.16 bits per heavy atom. The molecule has 148 valence electrons. The third kappa shape index (κ3) is 16.2. The zero-order valence-electron chi connectivity index (χ0n) is 16.7. The van der Waals surface area contributed by atoms with Gasteiger partial charge in [0.2, 0.25) is 0 Å². The van der Waals surface area contributed by atoms with Crippen molar-refractivity contribution in [1.82, 2.24) is 0 Å². The van der Waals surface area contributed by atoms with Crippen LogP contribution >= 0.6 is 0 Å². The first kappa shape index (κ1) is 23.9. The Morgan fingerprint density at radius 3 is 1.64 bits per heavy atom. The van der Waals surface area contributed by atoms with Gasteiger partial charge >= 0.3 is 6.09 Å². The summed E-state index contributed by atoms with van der Waals surface area (Å²) in [6.07, 6.45) is 16.2. The van der Waals surface area contributed by atoms with Gasteiger partial charge in [-0.05, 0) is 19.3 Å². The van der Waals surface area contributed by atoms with E-state index in [9.17, 15) is 9.59 Å². The van der Waals surface area contributed by atoms with Gasteiger partial charge in [-0.25, -0.2) is 4.79 Å². The first-order valence-corrected chi connectivity index (χ1v) is 10.6. The van der Waals surface area contributed by atoms with Crippen LogP contribution in [0.4, 0.5) is 4.79 Å². The van der Waals surface area contributed by atoms with Gasteiger partial charge in [-0.15, -0.1) is 0 Å². The second kappa shape index (κ2) is 17.8. The van der Waals surface area contributed by atoms with Crippen molar-refractivity contribution in [2.45, 2.75) is 123 Å². The molecule has 0 saturated carbocycles. The van der Waals surface area contributed by atoms with Gasteiger partial charge in [-0.3, -0.25) is 4.79 Å². The van der Waals surface area contributed by atoms with E-state index in [0.717, 1.165) is 25.7 Å². The minimum absolute atomic E-state index is 0.0401. The summed E-state index contributed by atoms with van der Waals surface area (Å²) < 4.78 is 5.06. The average Bonchev–Trinajstić information content (AvgIpc) is 2.58. The molecule has 25 heavy (non-hydrogen) atoms. The maximum absolute atomic E-state index is 12.3. The van der Waals surface area contributed by atoms with Crippen LogP contribution in [-0.2, 0) is 9.53 Å². The van der Waals surface area contributed by atoms with Crippen LogP contribution in [0.25, 0.3) is 0 Å². The number of carbonyl (C=O) groups excluding carboxylic acids is 2. The summed E-state index contributed by atoms with van der Waals surface area (Å²) in [5.41, 5.74) is 5.13. The van der Waals surface area contributed by atoms with Crippen LogP contribution in [0.2, 0.25) is 0 Å². The zero-order chi connectivity index (χ0) is 18.8. The molecule has 0 spiro atoms. The van der Waals surface area contributed by atoms with Crippen LogP contribution in [0.3, 0.4) is 0 Å². The molecule has 1 atom stereocenters. The second-order valence-corrected chi connectivity index (χ2v) is 7.17. The molecule has 0 aromatic rings. The minimum Gasteiger partial charge on any atom is -0.438 e. The lowest BCUT2D eigenvalue weighted by molar-refractivity contribution is -0.127. The fourth-order valence-electron chi connectivity index (χ4n) is 3.13. The van der Waals surface area contributed by atoms with Crippen molar-refractivity contribution in [2.75, 3.05) is 0 Å². The van der Waals surface area contributed by atoms with Gasteiger partial charge < -0.3 is 10.5 Å². The predicted octanol–water partition coefficient (Wildman–Crippen LogP) is 6.30. The predicted molar refractivity (Wildman–Crippen MR) is 105 cm³/mol. The highest BCUT2D eigenvalue weighted by atomic mass is 16.6. The van der Waals surface area contributed by atoms with E-state index in [4.69, 9.17) is 10.5 Å². The van der Waals surface area contributed by atoms with Gasteiger partial charge in [0.05, 0.1) is 0 Å². The van der Waals surface area contributed by atoms with E-state index < -0.39 is 12.2 Å². The van der Waals surface area contributed by atoms with E-state index >= 15 is 0 Å². The molecule has 2 N–H and O–H groups in total. The summed E-state index contributed by atoms with van der Waals surface area (Å²) in [7, 11) is 0. The van der Waals surface area contributed by atoms with Gasteiger partial charge in [0, 0.05) is 6.42 Å². The van der Waals surface area contributed by atoms with Crippen LogP contribution in [0.5, 0.6) is 0 Å². The van der Waals surface area contributed by atoms with E-state index in [1.165, 1.54) is 64.2 Å². The minimum atomic E-state index is -0.833. The first-order chi connectivity index (χ1) is 12.1. The van der Waals surface area contributed by atoms with Gasteiger partial charge in [0.1, 0.15) is 0 Å². The van der Waals surface area contributed by atoms with Crippen molar-refractivity contribution >= 4 is 11.9 Å². The number of hydrogen-bond donors (Lipinski definition) is 1. The smallest absolute Gasteiger partial charge is 0.405 e. The summed E-state index contributed by atoms with van der Waals surface area (Å²) in [6.45, 7) is 4.42. The monoisotopic (exact) mass is 355 g/mol. The van der Waals surface area contributed by atoms with Crippen molar-refractivity contribution in [3.8, 4) is 0 Å². The number of amides is 1. The highest BCUT2D eigenvalue weighted by molar-refractivity contribution is 5.85. The van der Waals surface area contributed by atoms with Crippen LogP contribution in [0.1, 0.15) is 117 Å². The van der Waals surface area contributed by atoms with Gasteiger partial charge in [-0.2, -0.15) is 0 Å². The van der Waals surface area contributed by atoms with Gasteiger partial charge in [0.15, 0.2) is 11.9 Å². The van der Waals surface area contributed by atoms with Crippen LogP contribution in [0.15, 0.2) is 0 Å². The number of ether oxygens (including phenoxy) is 1. The molecule has 1 amide bonds. The highest BCUT2D eigenvalue weighted by Crippen LogP contribution is 2.15. The molecule has 0 aliphatic rings. The molecule has 0 aliphatic carbocycles. The second-order valence-electron chi connectivity index (χ2n) is 7.17. The maximum Gasteiger partial charge on any atom is 0.405 e. The lowest BCUT2D eigenvalue weighted by Gasteiger charge is -2.15. The number of unbranched alkanes of at least 4 members (excludes halogenated alkanes) is 12. The molecular weight excluding hydrogens is 314 g/mol. The normalized spacial score (nSPS) is 12.1. The molecule has 1 unspecified atom stereocenters. The molecule has 0 bridgehead atoms. The molecule has 0 heterocycles. The summed E-state index contributed by atoms with van der Waals surface area (Å²) in [4.78, 5) is 23.3. The Morgan fingerprint density at radius 1 is 0.720 bits per heavy atom. The van der Waals surface area contributed by atoms with Crippen molar-refractivity contribution in [3.63, 3.8) is 0 Å². The number of ketones is 1. The van der Waals surface area contributed by atoms with E-state index in [1.54, 1.807) is 0 Å². The number of nitrogens with two attached hydrogens (primary N) is 1. The van der Waals surface area contributed by atoms with Crippen LogP contribution < -0.4 is 5.73 Å².